The minimum atomic E-state index is -0.794. The number of carbonyl (C=O) groups is 2. The van der Waals surface area contributed by atoms with Gasteiger partial charge in [-0.2, -0.15) is 0 Å². The van der Waals surface area contributed by atoms with E-state index in [1.807, 2.05) is 0 Å². The molecule has 90 valence electrons. The number of hydrogen-bond donors (Lipinski definition) is 2. The minimum Gasteiger partial charge on any atom is -0.351 e. The number of benzene rings is 1. The number of nitrogens with zero attached hydrogens (tertiary/aromatic N) is 2. The Labute approximate surface area is 103 Å². The highest BCUT2D eigenvalue weighted by molar-refractivity contribution is 6.11. The zero-order valence-electron chi connectivity index (χ0n) is 9.33. The summed E-state index contributed by atoms with van der Waals surface area (Å²) in [7, 11) is 0. The molecule has 6 nitrogen and oxygen atoms in total. The normalized spacial score (nSPS) is 9.78. The second-order valence-electron chi connectivity index (χ2n) is 3.44. The van der Waals surface area contributed by atoms with E-state index in [-0.39, 0.29) is 17.3 Å². The van der Waals surface area contributed by atoms with Gasteiger partial charge in [-0.05, 0) is 0 Å². The maximum absolute atomic E-state index is 12.2. The molecule has 0 saturated carbocycles. The molecule has 2 aromatic rings. The van der Waals surface area contributed by atoms with Gasteiger partial charge in [-0.1, -0.05) is 30.3 Å². The molecule has 0 fully saturated rings. The topological polar surface area (TPSA) is 98.0 Å². The van der Waals surface area contributed by atoms with Crippen LogP contribution in [0.5, 0.6) is 0 Å². The molecule has 0 aliphatic heterocycles. The summed E-state index contributed by atoms with van der Waals surface area (Å²) in [5.41, 5.74) is 5.52. The third kappa shape index (κ3) is 2.49. The van der Waals surface area contributed by atoms with Crippen molar-refractivity contribution < 1.29 is 9.59 Å². The molecule has 2 amide bonds. The average molecular weight is 242 g/mol. The van der Waals surface area contributed by atoms with Crippen molar-refractivity contribution in [3.05, 3.63) is 54.0 Å². The lowest BCUT2D eigenvalue weighted by molar-refractivity contribution is 0.103. The predicted octanol–water partition coefficient (Wildman–Crippen LogP) is 1.20. The van der Waals surface area contributed by atoms with E-state index < -0.39 is 6.03 Å². The standard InChI is InChI=1S/C12H10N4O2/c13-12(18)16-11-9(14-6-7-15-11)10(17)8-4-2-1-3-5-8/h1-7H,(H3,13,15,16,18). The maximum Gasteiger partial charge on any atom is 0.317 e. The van der Waals surface area contributed by atoms with Crippen LogP contribution in [0.1, 0.15) is 16.1 Å². The molecule has 0 aliphatic carbocycles. The molecule has 0 aliphatic rings. The second-order valence-corrected chi connectivity index (χ2v) is 3.44. The van der Waals surface area contributed by atoms with Crippen molar-refractivity contribution in [1.82, 2.24) is 9.97 Å². The van der Waals surface area contributed by atoms with Crippen LogP contribution in [0, 0.1) is 0 Å². The summed E-state index contributed by atoms with van der Waals surface area (Å²) in [5.74, 6) is -0.272. The minimum absolute atomic E-state index is 0.0545. The highest BCUT2D eigenvalue weighted by Crippen LogP contribution is 2.13. The van der Waals surface area contributed by atoms with Crippen LogP contribution in [0.3, 0.4) is 0 Å². The number of amides is 2. The van der Waals surface area contributed by atoms with Gasteiger partial charge in [0.2, 0.25) is 5.78 Å². The van der Waals surface area contributed by atoms with Gasteiger partial charge in [0, 0.05) is 18.0 Å². The number of urea groups is 1. The predicted molar refractivity (Wildman–Crippen MR) is 65.1 cm³/mol. The number of primary amides is 1. The van der Waals surface area contributed by atoms with Gasteiger partial charge in [0.15, 0.2) is 11.5 Å². The summed E-state index contributed by atoms with van der Waals surface area (Å²) >= 11 is 0. The Morgan fingerprint density at radius 1 is 1.06 bits per heavy atom. The summed E-state index contributed by atoms with van der Waals surface area (Å²) in [6, 6.07) is 7.81. The van der Waals surface area contributed by atoms with Crippen molar-refractivity contribution in [2.75, 3.05) is 5.32 Å². The van der Waals surface area contributed by atoms with E-state index in [9.17, 15) is 9.59 Å². The van der Waals surface area contributed by atoms with Crippen LogP contribution < -0.4 is 11.1 Å². The maximum atomic E-state index is 12.2. The Morgan fingerprint density at radius 2 is 1.72 bits per heavy atom. The molecule has 1 aromatic heterocycles. The molecule has 0 unspecified atom stereocenters. The summed E-state index contributed by atoms with van der Waals surface area (Å²) in [6.07, 6.45) is 2.75. The molecule has 2 rings (SSSR count). The molecule has 6 heteroatoms. The van der Waals surface area contributed by atoms with Crippen LogP contribution in [0.4, 0.5) is 10.6 Å². The molecule has 18 heavy (non-hydrogen) atoms. The Kier molecular flexibility index (Phi) is 3.29. The molecule has 1 aromatic carbocycles. The molecular weight excluding hydrogens is 232 g/mol. The molecule has 3 N–H and O–H groups in total. The summed E-state index contributed by atoms with van der Waals surface area (Å²) < 4.78 is 0. The van der Waals surface area contributed by atoms with Crippen molar-refractivity contribution in [2.24, 2.45) is 5.73 Å². The highest BCUT2D eigenvalue weighted by Gasteiger charge is 2.16. The fourth-order valence-corrected chi connectivity index (χ4v) is 1.44. The SMILES string of the molecule is NC(=O)Nc1nccnc1C(=O)c1ccccc1. The van der Waals surface area contributed by atoms with E-state index >= 15 is 0 Å². The first-order valence-electron chi connectivity index (χ1n) is 5.15. The molecule has 0 atom stereocenters. The van der Waals surface area contributed by atoms with Gasteiger partial charge in [0.05, 0.1) is 0 Å². The molecule has 0 spiro atoms. The smallest absolute Gasteiger partial charge is 0.317 e. The largest absolute Gasteiger partial charge is 0.351 e. The van der Waals surface area contributed by atoms with Crippen molar-refractivity contribution in [1.29, 1.82) is 0 Å². The fraction of sp³-hybridized carbons (Fsp3) is 0. The first kappa shape index (κ1) is 11.7. The number of nitrogens with two attached hydrogens (primary N) is 1. The average Bonchev–Trinajstić information content (AvgIpc) is 2.39. The first-order chi connectivity index (χ1) is 8.68. The van der Waals surface area contributed by atoms with Gasteiger partial charge in [-0.15, -0.1) is 0 Å². The molecular formula is C12H10N4O2. The number of ketones is 1. The van der Waals surface area contributed by atoms with Gasteiger partial charge in [0.25, 0.3) is 0 Å². The third-order valence-electron chi connectivity index (χ3n) is 2.19. The number of nitrogens with one attached hydrogen (secondary N) is 1. The first-order valence-corrected chi connectivity index (χ1v) is 5.15. The second kappa shape index (κ2) is 5.05. The Bertz CT molecular complexity index is 584. The summed E-state index contributed by atoms with van der Waals surface area (Å²) in [6.45, 7) is 0. The van der Waals surface area contributed by atoms with Crippen LogP contribution in [0.25, 0.3) is 0 Å². The molecule has 0 radical (unpaired) electrons. The third-order valence-corrected chi connectivity index (χ3v) is 2.19. The van der Waals surface area contributed by atoms with Crippen molar-refractivity contribution in [3.8, 4) is 0 Å². The quantitative estimate of drug-likeness (QED) is 0.790. The van der Waals surface area contributed by atoms with Gasteiger partial charge in [-0.3, -0.25) is 10.1 Å². The van der Waals surface area contributed by atoms with Crippen molar-refractivity contribution >= 4 is 17.6 Å². The van der Waals surface area contributed by atoms with E-state index in [1.54, 1.807) is 30.3 Å². The molecule has 0 saturated heterocycles. The number of aromatic nitrogens is 2. The van der Waals surface area contributed by atoms with E-state index in [0.29, 0.717) is 5.56 Å². The van der Waals surface area contributed by atoms with E-state index in [1.165, 1.54) is 12.4 Å². The van der Waals surface area contributed by atoms with E-state index in [4.69, 9.17) is 5.73 Å². The highest BCUT2D eigenvalue weighted by atomic mass is 16.2. The van der Waals surface area contributed by atoms with Gasteiger partial charge < -0.3 is 5.73 Å². The number of anilines is 1. The fourth-order valence-electron chi connectivity index (χ4n) is 1.44. The zero-order chi connectivity index (χ0) is 13.0. The van der Waals surface area contributed by atoms with E-state index in [0.717, 1.165) is 0 Å². The van der Waals surface area contributed by atoms with Crippen LogP contribution >= 0.6 is 0 Å². The summed E-state index contributed by atoms with van der Waals surface area (Å²) in [5, 5.41) is 2.27. The van der Waals surface area contributed by atoms with Crippen LogP contribution in [0.2, 0.25) is 0 Å². The lowest BCUT2D eigenvalue weighted by atomic mass is 10.1. The Balaban J connectivity index is 2.39. The number of hydrogen-bond acceptors (Lipinski definition) is 4. The van der Waals surface area contributed by atoms with Crippen LogP contribution in [-0.2, 0) is 0 Å². The lowest BCUT2D eigenvalue weighted by Gasteiger charge is -2.06. The Hall–Kier alpha value is -2.76. The molecule has 1 heterocycles. The van der Waals surface area contributed by atoms with Gasteiger partial charge >= 0.3 is 6.03 Å². The van der Waals surface area contributed by atoms with Gasteiger partial charge in [0.1, 0.15) is 0 Å². The Morgan fingerprint density at radius 3 is 2.39 bits per heavy atom. The van der Waals surface area contributed by atoms with Crippen LogP contribution in [0.15, 0.2) is 42.7 Å². The van der Waals surface area contributed by atoms with E-state index in [2.05, 4.69) is 15.3 Å². The molecule has 0 bridgehead atoms. The zero-order valence-corrected chi connectivity index (χ0v) is 9.33. The monoisotopic (exact) mass is 242 g/mol. The summed E-state index contributed by atoms with van der Waals surface area (Å²) in [4.78, 5) is 30.8. The lowest BCUT2D eigenvalue weighted by Crippen LogP contribution is -2.22. The van der Waals surface area contributed by atoms with Crippen LogP contribution in [-0.4, -0.2) is 21.8 Å². The van der Waals surface area contributed by atoms with Crippen molar-refractivity contribution in [2.45, 2.75) is 0 Å². The van der Waals surface area contributed by atoms with Gasteiger partial charge in [-0.25, -0.2) is 14.8 Å². The van der Waals surface area contributed by atoms with Crippen molar-refractivity contribution in [3.63, 3.8) is 0 Å². The number of rotatable bonds is 3. The number of carbonyl (C=O) groups excluding carboxylic acids is 2.